The number of hydrogen-bond donors (Lipinski definition) is 2. The average molecular weight is 325 g/mol. The van der Waals surface area contributed by atoms with Gasteiger partial charge in [0.25, 0.3) is 0 Å². The molecule has 2 aromatic carbocycles. The zero-order valence-electron chi connectivity index (χ0n) is 14.0. The predicted molar refractivity (Wildman–Crippen MR) is 93.2 cm³/mol. The lowest BCUT2D eigenvalue weighted by Gasteiger charge is -2.07. The molecule has 3 aromatic rings. The van der Waals surface area contributed by atoms with Crippen molar-refractivity contribution in [2.45, 2.75) is 13.8 Å². The lowest BCUT2D eigenvalue weighted by Crippen LogP contribution is -1.89. The number of aromatic hydroxyl groups is 1. The molecule has 0 saturated carbocycles. The highest BCUT2D eigenvalue weighted by Gasteiger charge is 2.15. The van der Waals surface area contributed by atoms with Crippen LogP contribution >= 0.6 is 0 Å². The number of aromatic amines is 1. The number of ether oxygens (including phenoxy) is 2. The van der Waals surface area contributed by atoms with Crippen molar-refractivity contribution in [2.75, 3.05) is 14.2 Å². The summed E-state index contributed by atoms with van der Waals surface area (Å²) in [6.45, 7) is 4.07. The number of aryl methyl sites for hydroxylation is 2. The maximum Gasteiger partial charge on any atom is 0.218 e. The first kappa shape index (κ1) is 15.9. The molecule has 0 unspecified atom stereocenters. The minimum absolute atomic E-state index is 0.0483. The van der Waals surface area contributed by atoms with Crippen LogP contribution in [0.3, 0.4) is 0 Å². The minimum atomic E-state index is -0.0483. The van der Waals surface area contributed by atoms with Crippen molar-refractivity contribution in [3.05, 3.63) is 41.5 Å². The molecule has 3 rings (SSSR count). The molecule has 0 bridgehead atoms. The predicted octanol–water partition coefficient (Wildman–Crippen LogP) is 4.92. The summed E-state index contributed by atoms with van der Waals surface area (Å²) in [5, 5.41) is 19.3. The fourth-order valence-electron chi connectivity index (χ4n) is 2.49. The molecule has 0 spiro atoms. The maximum atomic E-state index is 10.1. The van der Waals surface area contributed by atoms with Crippen LogP contribution in [0, 0.1) is 13.8 Å². The number of benzene rings is 2. The SMILES string of the molecule is COc1cc2[nH]c(O)c(N=Nc3ccc(C)c(C)c3)c2cc1OC. The van der Waals surface area contributed by atoms with Gasteiger partial charge in [-0.1, -0.05) is 6.07 Å². The largest absolute Gasteiger partial charge is 0.493 e. The summed E-state index contributed by atoms with van der Waals surface area (Å²) in [5.74, 6) is 1.09. The van der Waals surface area contributed by atoms with Crippen molar-refractivity contribution in [2.24, 2.45) is 10.2 Å². The lowest BCUT2D eigenvalue weighted by molar-refractivity contribution is 0.356. The maximum absolute atomic E-state index is 10.1. The Morgan fingerprint density at radius 3 is 2.29 bits per heavy atom. The molecule has 1 aromatic heterocycles. The zero-order valence-corrected chi connectivity index (χ0v) is 14.0. The van der Waals surface area contributed by atoms with Gasteiger partial charge in [-0.15, -0.1) is 5.11 Å². The summed E-state index contributed by atoms with van der Waals surface area (Å²) >= 11 is 0. The second-order valence-electron chi connectivity index (χ2n) is 5.54. The van der Waals surface area contributed by atoms with E-state index in [4.69, 9.17) is 9.47 Å². The fraction of sp³-hybridized carbons (Fsp3) is 0.222. The topological polar surface area (TPSA) is 79.2 Å². The van der Waals surface area contributed by atoms with E-state index in [0.717, 1.165) is 11.3 Å². The summed E-state index contributed by atoms with van der Waals surface area (Å²) in [7, 11) is 3.12. The van der Waals surface area contributed by atoms with E-state index in [2.05, 4.69) is 15.2 Å². The Balaban J connectivity index is 2.06. The van der Waals surface area contributed by atoms with E-state index in [-0.39, 0.29) is 5.88 Å². The third-order valence-electron chi connectivity index (χ3n) is 4.01. The van der Waals surface area contributed by atoms with Crippen molar-refractivity contribution in [1.82, 2.24) is 4.98 Å². The monoisotopic (exact) mass is 325 g/mol. The highest BCUT2D eigenvalue weighted by atomic mass is 16.5. The number of H-pyrrole nitrogens is 1. The number of azo groups is 1. The van der Waals surface area contributed by atoms with Gasteiger partial charge in [0.1, 0.15) is 0 Å². The van der Waals surface area contributed by atoms with Crippen LogP contribution in [-0.2, 0) is 0 Å². The molecule has 24 heavy (non-hydrogen) atoms. The van der Waals surface area contributed by atoms with E-state index < -0.39 is 0 Å². The van der Waals surface area contributed by atoms with Crippen LogP contribution < -0.4 is 9.47 Å². The molecule has 0 aliphatic carbocycles. The van der Waals surface area contributed by atoms with Gasteiger partial charge >= 0.3 is 0 Å². The molecule has 0 aliphatic heterocycles. The smallest absolute Gasteiger partial charge is 0.218 e. The summed E-state index contributed by atoms with van der Waals surface area (Å²) in [6.07, 6.45) is 0. The van der Waals surface area contributed by atoms with Gasteiger partial charge in [-0.25, -0.2) is 0 Å². The Hall–Kier alpha value is -3.02. The molecule has 0 amide bonds. The Bertz CT molecular complexity index is 929. The van der Waals surface area contributed by atoms with Gasteiger partial charge in [0.05, 0.1) is 25.4 Å². The molecular formula is C18H19N3O3. The third kappa shape index (κ3) is 2.78. The van der Waals surface area contributed by atoms with Gasteiger partial charge in [0.15, 0.2) is 17.2 Å². The fourth-order valence-corrected chi connectivity index (χ4v) is 2.49. The second kappa shape index (κ2) is 6.23. The van der Waals surface area contributed by atoms with Gasteiger partial charge in [-0.3, -0.25) is 0 Å². The van der Waals surface area contributed by atoms with Crippen LogP contribution in [0.4, 0.5) is 11.4 Å². The summed E-state index contributed by atoms with van der Waals surface area (Å²) in [5.41, 5.74) is 4.12. The molecule has 0 saturated heterocycles. The van der Waals surface area contributed by atoms with Crippen molar-refractivity contribution >= 4 is 22.3 Å². The van der Waals surface area contributed by atoms with Crippen molar-refractivity contribution < 1.29 is 14.6 Å². The van der Waals surface area contributed by atoms with Gasteiger partial charge in [-0.05, 0) is 43.2 Å². The third-order valence-corrected chi connectivity index (χ3v) is 4.01. The van der Waals surface area contributed by atoms with Crippen molar-refractivity contribution in [3.63, 3.8) is 0 Å². The minimum Gasteiger partial charge on any atom is -0.493 e. The molecule has 6 heteroatoms. The van der Waals surface area contributed by atoms with Crippen molar-refractivity contribution in [3.8, 4) is 17.4 Å². The van der Waals surface area contributed by atoms with Gasteiger partial charge in [0, 0.05) is 11.5 Å². The molecule has 124 valence electrons. The van der Waals surface area contributed by atoms with Gasteiger partial charge in [-0.2, -0.15) is 5.11 Å². The second-order valence-corrected chi connectivity index (χ2v) is 5.54. The van der Waals surface area contributed by atoms with E-state index >= 15 is 0 Å². The van der Waals surface area contributed by atoms with E-state index in [1.54, 1.807) is 26.4 Å². The normalized spacial score (nSPS) is 11.3. The number of hydrogen-bond acceptors (Lipinski definition) is 5. The molecule has 0 radical (unpaired) electrons. The number of rotatable bonds is 4. The van der Waals surface area contributed by atoms with Crippen LogP contribution in [0.2, 0.25) is 0 Å². The van der Waals surface area contributed by atoms with Crippen molar-refractivity contribution in [1.29, 1.82) is 0 Å². The van der Waals surface area contributed by atoms with Gasteiger partial charge < -0.3 is 19.6 Å². The van der Waals surface area contributed by atoms with Crippen LogP contribution in [-0.4, -0.2) is 24.3 Å². The van der Waals surface area contributed by atoms with Crippen LogP contribution in [0.5, 0.6) is 17.4 Å². The number of nitrogens with one attached hydrogen (secondary N) is 1. The molecule has 1 heterocycles. The standard InChI is InChI=1S/C18H19N3O3/c1-10-5-6-12(7-11(10)2)20-21-17-13-8-15(23-3)16(24-4)9-14(13)19-18(17)22/h5-9,19,22H,1-4H3. The van der Waals surface area contributed by atoms with E-state index in [1.165, 1.54) is 5.56 Å². The van der Waals surface area contributed by atoms with E-state index in [9.17, 15) is 5.11 Å². The van der Waals surface area contributed by atoms with Crippen LogP contribution in [0.25, 0.3) is 10.9 Å². The Morgan fingerprint density at radius 1 is 0.917 bits per heavy atom. The first-order valence-electron chi connectivity index (χ1n) is 7.49. The Kier molecular flexibility index (Phi) is 4.12. The highest BCUT2D eigenvalue weighted by Crippen LogP contribution is 2.41. The summed E-state index contributed by atoms with van der Waals surface area (Å²) < 4.78 is 10.6. The Morgan fingerprint density at radius 2 is 1.62 bits per heavy atom. The molecular weight excluding hydrogens is 306 g/mol. The summed E-state index contributed by atoms with van der Waals surface area (Å²) in [6, 6.07) is 9.35. The number of aromatic nitrogens is 1. The molecule has 0 aliphatic rings. The van der Waals surface area contributed by atoms with Crippen LogP contribution in [0.1, 0.15) is 11.1 Å². The lowest BCUT2D eigenvalue weighted by atomic mass is 10.1. The Labute approximate surface area is 139 Å². The number of fused-ring (bicyclic) bond motifs is 1. The highest BCUT2D eigenvalue weighted by molar-refractivity contribution is 5.96. The van der Waals surface area contributed by atoms with E-state index in [0.29, 0.717) is 28.1 Å². The molecule has 0 atom stereocenters. The quantitative estimate of drug-likeness (QED) is 0.668. The molecule has 0 fully saturated rings. The van der Waals surface area contributed by atoms with Crippen LogP contribution in [0.15, 0.2) is 40.6 Å². The number of nitrogens with zero attached hydrogens (tertiary/aromatic N) is 2. The van der Waals surface area contributed by atoms with Gasteiger partial charge in [0.2, 0.25) is 5.88 Å². The van der Waals surface area contributed by atoms with E-state index in [1.807, 2.05) is 32.0 Å². The molecule has 6 nitrogen and oxygen atoms in total. The summed E-state index contributed by atoms with van der Waals surface area (Å²) in [4.78, 5) is 2.88. The molecule has 2 N–H and O–H groups in total. The number of methoxy groups -OCH3 is 2. The zero-order chi connectivity index (χ0) is 17.3. The average Bonchev–Trinajstić information content (AvgIpc) is 2.88. The first-order valence-corrected chi connectivity index (χ1v) is 7.49. The first-order chi connectivity index (χ1) is 11.5.